The third kappa shape index (κ3) is 2.53. The maximum Gasteiger partial charge on any atom is 0.337 e. The molecule has 9 heavy (non-hydrogen) atoms. The molecular weight excluding hydrogens is 140 g/mol. The summed E-state index contributed by atoms with van der Waals surface area (Å²) in [4.78, 5) is 10.2. The molecule has 0 aliphatic rings. The van der Waals surface area contributed by atoms with Gasteiger partial charge in [0.25, 0.3) is 0 Å². The first-order chi connectivity index (χ1) is 4.09. The smallest absolute Gasteiger partial charge is 0.337 e. The highest BCUT2D eigenvalue weighted by atomic mass is 32.2. The fourth-order valence-electron chi connectivity index (χ4n) is 0.249. The summed E-state index contributed by atoms with van der Waals surface area (Å²) in [5, 5.41) is 16.8. The van der Waals surface area contributed by atoms with Crippen LogP contribution in [0, 0.1) is 0 Å². The van der Waals surface area contributed by atoms with E-state index in [1.807, 2.05) is 0 Å². The molecule has 4 heteroatoms. The average Bonchev–Trinajstić information content (AvgIpc) is 1.84. The zero-order valence-electron chi connectivity index (χ0n) is 5.00. The molecule has 0 bridgehead atoms. The van der Waals surface area contributed by atoms with Gasteiger partial charge in [0.05, 0.1) is 0 Å². The lowest BCUT2D eigenvalue weighted by Gasteiger charge is -2.03. The molecule has 2 N–H and O–H groups in total. The van der Waals surface area contributed by atoms with Gasteiger partial charge in [-0.2, -0.15) is 0 Å². The van der Waals surface area contributed by atoms with Crippen LogP contribution in [0.4, 0.5) is 0 Å². The molecule has 1 atom stereocenters. The van der Waals surface area contributed by atoms with Gasteiger partial charge in [0.2, 0.25) is 0 Å². The van der Waals surface area contributed by atoms with Crippen LogP contribution in [0.25, 0.3) is 0 Å². The average molecular weight is 148 g/mol. The number of rotatable bonds is 3. The van der Waals surface area contributed by atoms with E-state index in [-0.39, 0.29) is 4.91 Å². The number of aliphatic hydroxyl groups excluding tert-OH is 1. The summed E-state index contributed by atoms with van der Waals surface area (Å²) < 4.78 is 0. The highest BCUT2D eigenvalue weighted by Gasteiger charge is 2.15. The summed E-state index contributed by atoms with van der Waals surface area (Å²) in [5.74, 6) is -1.26. The van der Waals surface area contributed by atoms with Gasteiger partial charge in [-0.15, -0.1) is 11.8 Å². The quantitative estimate of drug-likeness (QED) is 0.604. The van der Waals surface area contributed by atoms with E-state index in [1.165, 1.54) is 0 Å². The number of carboxylic acids is 1. The Balaban J connectivity index is 3.88. The van der Waals surface area contributed by atoms with Crippen LogP contribution in [-0.4, -0.2) is 28.5 Å². The first-order valence-electron chi connectivity index (χ1n) is 2.23. The van der Waals surface area contributed by atoms with Crippen molar-refractivity contribution >= 4 is 17.7 Å². The molecule has 0 amide bonds. The van der Waals surface area contributed by atoms with Crippen LogP contribution in [0.5, 0.6) is 0 Å². The van der Waals surface area contributed by atoms with Gasteiger partial charge in [-0.1, -0.05) is 6.58 Å². The SMILES string of the molecule is C=C(SC)C(O)C(=O)O. The van der Waals surface area contributed by atoms with Gasteiger partial charge in [-0.25, -0.2) is 4.79 Å². The summed E-state index contributed by atoms with van der Waals surface area (Å²) in [6.45, 7) is 3.33. The molecule has 0 aliphatic heterocycles. The second-order valence-corrected chi connectivity index (χ2v) is 2.34. The van der Waals surface area contributed by atoms with Gasteiger partial charge >= 0.3 is 5.97 Å². The third-order valence-corrected chi connectivity index (χ3v) is 1.55. The Kier molecular flexibility index (Phi) is 3.34. The summed E-state index contributed by atoms with van der Waals surface area (Å²) in [6.07, 6.45) is 0.231. The van der Waals surface area contributed by atoms with Gasteiger partial charge in [-0.05, 0) is 6.26 Å². The molecule has 3 nitrogen and oxygen atoms in total. The molecule has 0 saturated carbocycles. The number of hydrogen-bond acceptors (Lipinski definition) is 3. The monoisotopic (exact) mass is 148 g/mol. The highest BCUT2D eigenvalue weighted by Crippen LogP contribution is 2.12. The van der Waals surface area contributed by atoms with Gasteiger partial charge < -0.3 is 10.2 Å². The predicted molar refractivity (Wildman–Crippen MR) is 36.3 cm³/mol. The molecule has 52 valence electrons. The first-order valence-corrected chi connectivity index (χ1v) is 3.45. The lowest BCUT2D eigenvalue weighted by Crippen LogP contribution is -2.19. The fourth-order valence-corrected chi connectivity index (χ4v) is 0.573. The molecule has 0 aromatic rings. The summed E-state index contributed by atoms with van der Waals surface area (Å²) in [7, 11) is 0. The summed E-state index contributed by atoms with van der Waals surface area (Å²) in [6, 6.07) is 0. The molecule has 0 rings (SSSR count). The van der Waals surface area contributed by atoms with Crippen LogP contribution in [0.1, 0.15) is 0 Å². The summed E-state index contributed by atoms with van der Waals surface area (Å²) >= 11 is 1.14. The van der Waals surface area contributed by atoms with E-state index < -0.39 is 12.1 Å². The van der Waals surface area contributed by atoms with Crippen LogP contribution < -0.4 is 0 Å². The maximum absolute atomic E-state index is 9.98. The van der Waals surface area contributed by atoms with E-state index in [2.05, 4.69) is 6.58 Å². The van der Waals surface area contributed by atoms with Crippen LogP contribution in [0.15, 0.2) is 11.5 Å². The number of aliphatic carboxylic acids is 1. The van der Waals surface area contributed by atoms with E-state index >= 15 is 0 Å². The minimum absolute atomic E-state index is 0.252. The number of carbonyl (C=O) groups is 1. The molecule has 0 fully saturated rings. The van der Waals surface area contributed by atoms with Crippen molar-refractivity contribution in [3.63, 3.8) is 0 Å². The van der Waals surface area contributed by atoms with E-state index in [1.54, 1.807) is 6.26 Å². The van der Waals surface area contributed by atoms with Crippen molar-refractivity contribution in [3.8, 4) is 0 Å². The second-order valence-electron chi connectivity index (χ2n) is 1.41. The van der Waals surface area contributed by atoms with E-state index in [0.29, 0.717) is 0 Å². The predicted octanol–water partition coefficient (Wildman–Crippen LogP) is 0.309. The van der Waals surface area contributed by atoms with Gasteiger partial charge in [0, 0.05) is 4.91 Å². The number of hydrogen-bond donors (Lipinski definition) is 2. The van der Waals surface area contributed by atoms with Crippen molar-refractivity contribution < 1.29 is 15.0 Å². The van der Waals surface area contributed by atoms with E-state index in [0.717, 1.165) is 11.8 Å². The van der Waals surface area contributed by atoms with Crippen LogP contribution in [-0.2, 0) is 4.79 Å². The van der Waals surface area contributed by atoms with Gasteiger partial charge in [-0.3, -0.25) is 0 Å². The Labute approximate surface area is 57.4 Å². The minimum atomic E-state index is -1.43. The lowest BCUT2D eigenvalue weighted by atomic mass is 10.4. The third-order valence-electron chi connectivity index (χ3n) is 0.801. The van der Waals surface area contributed by atoms with Gasteiger partial charge in [0.1, 0.15) is 0 Å². The molecule has 0 spiro atoms. The van der Waals surface area contributed by atoms with Crippen LogP contribution >= 0.6 is 11.8 Å². The van der Waals surface area contributed by atoms with Crippen molar-refractivity contribution in [1.82, 2.24) is 0 Å². The molecule has 0 radical (unpaired) electrons. The van der Waals surface area contributed by atoms with Crippen molar-refractivity contribution in [2.24, 2.45) is 0 Å². The van der Waals surface area contributed by atoms with Crippen molar-refractivity contribution in [2.75, 3.05) is 6.26 Å². The Morgan fingerprint density at radius 2 is 2.22 bits per heavy atom. The van der Waals surface area contributed by atoms with Gasteiger partial charge in [0.15, 0.2) is 6.10 Å². The number of carboxylic acid groups (broad SMARTS) is 1. The topological polar surface area (TPSA) is 57.5 Å². The zero-order chi connectivity index (χ0) is 7.44. The number of thioether (sulfide) groups is 1. The molecule has 0 aromatic carbocycles. The number of aliphatic hydroxyl groups is 1. The standard InChI is InChI=1S/C5H8O3S/c1-3(9-2)4(6)5(7)8/h4,6H,1H2,2H3,(H,7,8). The Morgan fingerprint density at radius 3 is 2.33 bits per heavy atom. The first kappa shape index (κ1) is 8.52. The zero-order valence-corrected chi connectivity index (χ0v) is 5.81. The van der Waals surface area contributed by atoms with Crippen molar-refractivity contribution in [3.05, 3.63) is 11.5 Å². The Hall–Kier alpha value is -0.480. The molecule has 0 aromatic heterocycles. The molecule has 0 heterocycles. The van der Waals surface area contributed by atoms with E-state index in [4.69, 9.17) is 10.2 Å². The Bertz CT molecular complexity index is 132. The van der Waals surface area contributed by atoms with Crippen molar-refractivity contribution in [1.29, 1.82) is 0 Å². The van der Waals surface area contributed by atoms with E-state index in [9.17, 15) is 4.79 Å². The molecular formula is C5H8O3S. The Morgan fingerprint density at radius 1 is 1.78 bits per heavy atom. The minimum Gasteiger partial charge on any atom is -0.479 e. The van der Waals surface area contributed by atoms with Crippen LogP contribution in [0.3, 0.4) is 0 Å². The fraction of sp³-hybridized carbons (Fsp3) is 0.400. The molecule has 0 saturated heterocycles. The molecule has 0 aliphatic carbocycles. The normalized spacial score (nSPS) is 12.7. The lowest BCUT2D eigenvalue weighted by molar-refractivity contribution is -0.144. The summed E-state index contributed by atoms with van der Waals surface area (Å²) in [5.41, 5.74) is 0. The largest absolute Gasteiger partial charge is 0.479 e. The van der Waals surface area contributed by atoms with Crippen molar-refractivity contribution in [2.45, 2.75) is 6.10 Å². The highest BCUT2D eigenvalue weighted by molar-refractivity contribution is 8.02. The molecule has 1 unspecified atom stereocenters. The second kappa shape index (κ2) is 3.53. The maximum atomic E-state index is 9.98. The van der Waals surface area contributed by atoms with Crippen LogP contribution in [0.2, 0.25) is 0 Å².